The molecule has 0 saturated carbocycles. The molecule has 0 aliphatic rings. The summed E-state index contributed by atoms with van der Waals surface area (Å²) < 4.78 is 62.1. The van der Waals surface area contributed by atoms with Crippen LogP contribution in [0, 0.1) is 14.9 Å². The molecule has 0 saturated heterocycles. The van der Waals surface area contributed by atoms with Gasteiger partial charge in [0.15, 0.2) is 0 Å². The molecule has 92 valence electrons. The molecule has 0 aliphatic heterocycles. The largest absolute Gasteiger partial charge is 0.433 e. The predicted molar refractivity (Wildman–Crippen MR) is 56.2 cm³/mol. The van der Waals surface area contributed by atoms with Gasteiger partial charge >= 0.3 is 6.18 Å². The fourth-order valence-corrected chi connectivity index (χ4v) is 1.81. The second kappa shape index (κ2) is 5.12. The zero-order chi connectivity index (χ0) is 13.2. The maximum absolute atomic E-state index is 12.5. The van der Waals surface area contributed by atoms with E-state index in [0.717, 1.165) is 0 Å². The molecule has 0 aromatic carbocycles. The molecule has 0 spiro atoms. The SMILES string of the molecule is N#CCc1cc(C(F)(F)F)nc(C(F)F)c1I. The monoisotopic (exact) mass is 362 g/mol. The summed E-state index contributed by atoms with van der Waals surface area (Å²) >= 11 is 1.46. The molecular weight excluding hydrogens is 358 g/mol. The van der Waals surface area contributed by atoms with Crippen LogP contribution in [0.4, 0.5) is 22.0 Å². The quantitative estimate of drug-likeness (QED) is 0.594. The van der Waals surface area contributed by atoms with Crippen molar-refractivity contribution in [3.8, 4) is 6.07 Å². The normalized spacial score (nSPS) is 11.6. The van der Waals surface area contributed by atoms with E-state index in [4.69, 9.17) is 5.26 Å². The Hall–Kier alpha value is -0.980. The van der Waals surface area contributed by atoms with Crippen molar-refractivity contribution in [3.63, 3.8) is 0 Å². The molecular formula is C9H4F5IN2. The molecule has 0 atom stereocenters. The second-order valence-corrected chi connectivity index (χ2v) is 4.08. The van der Waals surface area contributed by atoms with Crippen LogP contribution in [-0.2, 0) is 12.6 Å². The van der Waals surface area contributed by atoms with E-state index in [2.05, 4.69) is 4.98 Å². The van der Waals surface area contributed by atoms with Crippen LogP contribution >= 0.6 is 22.6 Å². The number of rotatable bonds is 2. The molecule has 0 N–H and O–H groups in total. The molecule has 0 amide bonds. The van der Waals surface area contributed by atoms with Gasteiger partial charge < -0.3 is 0 Å². The van der Waals surface area contributed by atoms with Crippen molar-refractivity contribution in [1.82, 2.24) is 4.98 Å². The highest BCUT2D eigenvalue weighted by Crippen LogP contribution is 2.33. The highest BCUT2D eigenvalue weighted by Gasteiger charge is 2.35. The number of pyridine rings is 1. The van der Waals surface area contributed by atoms with E-state index in [1.165, 1.54) is 22.6 Å². The van der Waals surface area contributed by atoms with E-state index in [-0.39, 0.29) is 15.6 Å². The first kappa shape index (κ1) is 14.1. The zero-order valence-electron chi connectivity index (χ0n) is 8.02. The molecule has 8 heteroatoms. The summed E-state index contributed by atoms with van der Waals surface area (Å²) in [5.74, 6) is 0. The fourth-order valence-electron chi connectivity index (χ4n) is 1.11. The van der Waals surface area contributed by atoms with Crippen molar-refractivity contribution < 1.29 is 22.0 Å². The van der Waals surface area contributed by atoms with Gasteiger partial charge in [-0.3, -0.25) is 0 Å². The van der Waals surface area contributed by atoms with Crippen molar-refractivity contribution in [2.75, 3.05) is 0 Å². The molecule has 0 fully saturated rings. The predicted octanol–water partition coefficient (Wildman–Crippen LogP) is 3.71. The Kier molecular flexibility index (Phi) is 4.24. The van der Waals surface area contributed by atoms with Crippen LogP contribution in [0.2, 0.25) is 0 Å². The van der Waals surface area contributed by atoms with Gasteiger partial charge in [-0.1, -0.05) is 0 Å². The highest BCUT2D eigenvalue weighted by atomic mass is 127. The Morgan fingerprint density at radius 3 is 2.41 bits per heavy atom. The molecule has 0 unspecified atom stereocenters. The van der Waals surface area contributed by atoms with Crippen molar-refractivity contribution in [3.05, 3.63) is 26.6 Å². The van der Waals surface area contributed by atoms with E-state index >= 15 is 0 Å². The third-order valence-corrected chi connectivity index (χ3v) is 3.07. The van der Waals surface area contributed by atoms with E-state index in [1.807, 2.05) is 0 Å². The Bertz CT molecular complexity index is 464. The molecule has 17 heavy (non-hydrogen) atoms. The van der Waals surface area contributed by atoms with Crippen LogP contribution in [-0.4, -0.2) is 4.98 Å². The standard InChI is InChI=1S/C9H4F5IN2/c10-8(11)7-6(15)4(1-2-16)3-5(17-7)9(12,13)14/h3,8H,1H2. The van der Waals surface area contributed by atoms with Crippen molar-refractivity contribution >= 4 is 22.6 Å². The highest BCUT2D eigenvalue weighted by molar-refractivity contribution is 14.1. The third-order valence-electron chi connectivity index (χ3n) is 1.83. The summed E-state index contributed by atoms with van der Waals surface area (Å²) in [5.41, 5.74) is -2.44. The topological polar surface area (TPSA) is 36.7 Å². The fraction of sp³-hybridized carbons (Fsp3) is 0.333. The Morgan fingerprint density at radius 2 is 2.00 bits per heavy atom. The van der Waals surface area contributed by atoms with Crippen LogP contribution in [0.1, 0.15) is 23.4 Å². The van der Waals surface area contributed by atoms with Crippen molar-refractivity contribution in [1.29, 1.82) is 5.26 Å². The number of hydrogen-bond donors (Lipinski definition) is 0. The average Bonchev–Trinajstić information content (AvgIpc) is 2.19. The van der Waals surface area contributed by atoms with Crippen LogP contribution in [0.15, 0.2) is 6.07 Å². The Balaban J connectivity index is 3.43. The van der Waals surface area contributed by atoms with Crippen molar-refractivity contribution in [2.24, 2.45) is 0 Å². The van der Waals surface area contributed by atoms with Crippen LogP contribution in [0.5, 0.6) is 0 Å². The number of hydrogen-bond acceptors (Lipinski definition) is 2. The molecule has 1 aromatic heterocycles. The lowest BCUT2D eigenvalue weighted by atomic mass is 10.1. The smallest absolute Gasteiger partial charge is 0.241 e. The summed E-state index contributed by atoms with van der Waals surface area (Å²) in [7, 11) is 0. The lowest BCUT2D eigenvalue weighted by Crippen LogP contribution is -2.12. The van der Waals surface area contributed by atoms with Gasteiger partial charge in [0.25, 0.3) is 6.43 Å². The van der Waals surface area contributed by atoms with Gasteiger partial charge in [-0.2, -0.15) is 18.4 Å². The Morgan fingerprint density at radius 1 is 1.41 bits per heavy atom. The maximum Gasteiger partial charge on any atom is 0.433 e. The van der Waals surface area contributed by atoms with Gasteiger partial charge in [-0.25, -0.2) is 13.8 Å². The van der Waals surface area contributed by atoms with E-state index < -0.39 is 24.0 Å². The van der Waals surface area contributed by atoms with Gasteiger partial charge in [-0.15, -0.1) is 0 Å². The molecule has 0 bridgehead atoms. The lowest BCUT2D eigenvalue weighted by Gasteiger charge is -2.12. The number of aromatic nitrogens is 1. The van der Waals surface area contributed by atoms with Crippen LogP contribution in [0.3, 0.4) is 0 Å². The van der Waals surface area contributed by atoms with Crippen LogP contribution in [0.25, 0.3) is 0 Å². The summed E-state index contributed by atoms with van der Waals surface area (Å²) in [6, 6.07) is 2.25. The third kappa shape index (κ3) is 3.24. The summed E-state index contributed by atoms with van der Waals surface area (Å²) in [6.07, 6.45) is -8.29. The van der Waals surface area contributed by atoms with Gasteiger partial charge in [0.2, 0.25) is 0 Å². The first-order valence-electron chi connectivity index (χ1n) is 4.19. The molecule has 1 aromatic rings. The van der Waals surface area contributed by atoms with Gasteiger partial charge in [0.1, 0.15) is 11.4 Å². The van der Waals surface area contributed by atoms with Gasteiger partial charge in [0, 0.05) is 3.57 Å². The molecule has 2 nitrogen and oxygen atoms in total. The average molecular weight is 362 g/mol. The first-order chi connectivity index (χ1) is 7.77. The summed E-state index contributed by atoms with van der Waals surface area (Å²) in [6.45, 7) is 0. The number of nitrogens with zero attached hydrogens (tertiary/aromatic N) is 2. The lowest BCUT2D eigenvalue weighted by molar-refractivity contribution is -0.141. The molecule has 0 aliphatic carbocycles. The van der Waals surface area contributed by atoms with Crippen molar-refractivity contribution in [2.45, 2.75) is 19.0 Å². The first-order valence-corrected chi connectivity index (χ1v) is 5.27. The number of halogens is 6. The summed E-state index contributed by atoms with van der Waals surface area (Å²) in [4.78, 5) is 2.89. The van der Waals surface area contributed by atoms with E-state index in [1.54, 1.807) is 6.07 Å². The Labute approximate surface area is 107 Å². The zero-order valence-corrected chi connectivity index (χ0v) is 10.2. The minimum absolute atomic E-state index is 0.0919. The van der Waals surface area contributed by atoms with Gasteiger partial charge in [-0.05, 0) is 34.2 Å². The second-order valence-electron chi connectivity index (χ2n) is 3.00. The number of alkyl halides is 5. The molecule has 1 heterocycles. The minimum atomic E-state index is -4.81. The molecule has 0 radical (unpaired) electrons. The maximum atomic E-state index is 12.5. The van der Waals surface area contributed by atoms with Gasteiger partial charge in [0.05, 0.1) is 12.5 Å². The minimum Gasteiger partial charge on any atom is -0.241 e. The van der Waals surface area contributed by atoms with Crippen LogP contribution < -0.4 is 0 Å². The van der Waals surface area contributed by atoms with E-state index in [0.29, 0.717) is 6.07 Å². The molecule has 1 rings (SSSR count). The van der Waals surface area contributed by atoms with E-state index in [9.17, 15) is 22.0 Å². The number of nitriles is 1. The summed E-state index contributed by atoms with van der Waals surface area (Å²) in [5, 5.41) is 8.42.